The maximum atomic E-state index is 13.3. The van der Waals surface area contributed by atoms with Gasteiger partial charge in [-0.25, -0.2) is 0 Å². The molecule has 0 aromatic heterocycles. The smallest absolute Gasteiger partial charge is 0.306 e. The van der Waals surface area contributed by atoms with Crippen LogP contribution in [0.15, 0.2) is 72.9 Å². The van der Waals surface area contributed by atoms with Crippen molar-refractivity contribution in [2.45, 2.75) is 250 Å². The maximum absolute atomic E-state index is 13.3. The van der Waals surface area contributed by atoms with Gasteiger partial charge >= 0.3 is 5.97 Å². The molecule has 0 bridgehead atoms. The molecule has 0 radical (unpaired) electrons. The van der Waals surface area contributed by atoms with Crippen LogP contribution in [0, 0.1) is 0 Å². The second-order valence-corrected chi connectivity index (χ2v) is 17.9. The fraction of sp³-hybridized carbons (Fsp3) is 0.745. The average Bonchev–Trinajstić information content (AvgIpc) is 3.31. The van der Waals surface area contributed by atoms with E-state index >= 15 is 0 Å². The fourth-order valence-corrected chi connectivity index (χ4v) is 7.69. The van der Waals surface area contributed by atoms with Crippen LogP contribution in [0.25, 0.3) is 0 Å². The van der Waals surface area contributed by atoms with Gasteiger partial charge in [0.05, 0.1) is 25.4 Å². The molecule has 11 heteroatoms. The lowest BCUT2D eigenvalue weighted by Crippen LogP contribution is -2.61. The topological polar surface area (TPSA) is 175 Å². The van der Waals surface area contributed by atoms with Gasteiger partial charge in [0.2, 0.25) is 5.91 Å². The van der Waals surface area contributed by atoms with Crippen molar-refractivity contribution in [1.82, 2.24) is 5.32 Å². The molecule has 1 amide bonds. The van der Waals surface area contributed by atoms with E-state index < -0.39 is 67.4 Å². The number of nitrogens with one attached hydrogen (secondary N) is 1. The third-order valence-electron chi connectivity index (χ3n) is 11.9. The van der Waals surface area contributed by atoms with Gasteiger partial charge in [-0.15, -0.1) is 0 Å². The van der Waals surface area contributed by atoms with Gasteiger partial charge in [0.15, 0.2) is 12.4 Å². The standard InChI is InChI=1S/C55H95NO10/c1-4-7-10-13-16-19-22-25-28-31-34-37-40-43-50(60)66-53-52(62)51(61)49(44-57)65-55(53)64-45-46(47(58)41-38-35-32-29-26-23-20-17-14-11-8-5-2)56-54(63)48(59)42-39-36-33-30-27-24-21-18-15-12-9-6-3/h7,10,13,16,19,22,27,30,36,38-39,41,46-49,51-53,55,57-59,61-62H,4-6,8-9,11-12,14-15,17-18,20-21,23-26,28-29,31-35,37,40,42-45H2,1-3H3,(H,56,63)/b10-7+,16-13+,22-19-,30-27-,39-36+,41-38+. The second kappa shape index (κ2) is 43.4. The molecule has 0 aliphatic carbocycles. The Kier molecular flexibility index (Phi) is 40.2. The highest BCUT2D eigenvalue weighted by Gasteiger charge is 2.47. The van der Waals surface area contributed by atoms with Gasteiger partial charge in [0.1, 0.15) is 24.4 Å². The highest BCUT2D eigenvalue weighted by molar-refractivity contribution is 5.81. The number of hydrogen-bond donors (Lipinski definition) is 6. The molecular weight excluding hydrogens is 835 g/mol. The van der Waals surface area contributed by atoms with Crippen LogP contribution in [0.4, 0.5) is 0 Å². The minimum absolute atomic E-state index is 0.0773. The zero-order valence-electron chi connectivity index (χ0n) is 41.5. The molecule has 11 nitrogen and oxygen atoms in total. The molecular formula is C55H95NO10. The Morgan fingerprint density at radius 3 is 1.74 bits per heavy atom. The molecule has 1 saturated heterocycles. The molecule has 1 rings (SSSR count). The number of aliphatic hydroxyl groups excluding tert-OH is 5. The first-order valence-corrected chi connectivity index (χ1v) is 26.2. The highest BCUT2D eigenvalue weighted by atomic mass is 16.7. The Labute approximate surface area is 400 Å². The minimum atomic E-state index is -1.63. The Hall–Kier alpha value is -2.90. The molecule has 1 fully saturated rings. The fourth-order valence-electron chi connectivity index (χ4n) is 7.69. The van der Waals surface area contributed by atoms with Crippen molar-refractivity contribution >= 4 is 11.9 Å². The van der Waals surface area contributed by atoms with Crippen LogP contribution in [0.5, 0.6) is 0 Å². The van der Waals surface area contributed by atoms with Gasteiger partial charge in [0, 0.05) is 12.8 Å². The van der Waals surface area contributed by atoms with Crippen LogP contribution in [0.1, 0.15) is 201 Å². The Balaban J connectivity index is 2.84. The molecule has 0 aromatic rings. The number of hydrogen-bond acceptors (Lipinski definition) is 10. The third kappa shape index (κ3) is 32.0. The highest BCUT2D eigenvalue weighted by Crippen LogP contribution is 2.26. The lowest BCUT2D eigenvalue weighted by atomic mass is 9.99. The molecule has 66 heavy (non-hydrogen) atoms. The largest absolute Gasteiger partial charge is 0.454 e. The van der Waals surface area contributed by atoms with Crippen LogP contribution in [0.3, 0.4) is 0 Å². The number of rotatable bonds is 42. The van der Waals surface area contributed by atoms with Gasteiger partial charge in [-0.3, -0.25) is 9.59 Å². The van der Waals surface area contributed by atoms with Crippen LogP contribution in [-0.2, 0) is 23.8 Å². The molecule has 1 aliphatic rings. The molecule has 380 valence electrons. The second-order valence-electron chi connectivity index (χ2n) is 17.9. The van der Waals surface area contributed by atoms with Crippen molar-refractivity contribution in [3.05, 3.63) is 72.9 Å². The van der Waals surface area contributed by atoms with E-state index in [0.29, 0.717) is 12.8 Å². The van der Waals surface area contributed by atoms with Gasteiger partial charge in [0.25, 0.3) is 0 Å². The predicted molar refractivity (Wildman–Crippen MR) is 269 cm³/mol. The predicted octanol–water partition coefficient (Wildman–Crippen LogP) is 10.9. The molecule has 0 aromatic carbocycles. The maximum Gasteiger partial charge on any atom is 0.306 e. The summed E-state index contributed by atoms with van der Waals surface area (Å²) in [6, 6.07) is -1.06. The first-order valence-electron chi connectivity index (χ1n) is 26.2. The van der Waals surface area contributed by atoms with Gasteiger partial charge < -0.3 is 45.1 Å². The summed E-state index contributed by atoms with van der Waals surface area (Å²) < 4.78 is 17.4. The van der Waals surface area contributed by atoms with E-state index in [-0.39, 0.29) is 19.4 Å². The number of allylic oxidation sites excluding steroid dienone is 10. The van der Waals surface area contributed by atoms with Gasteiger partial charge in [-0.2, -0.15) is 0 Å². The van der Waals surface area contributed by atoms with Crippen molar-refractivity contribution in [2.24, 2.45) is 0 Å². The van der Waals surface area contributed by atoms with Crippen molar-refractivity contribution in [3.8, 4) is 0 Å². The Bertz CT molecular complexity index is 1340. The van der Waals surface area contributed by atoms with E-state index in [1.807, 2.05) is 36.5 Å². The summed E-state index contributed by atoms with van der Waals surface area (Å²) in [5.41, 5.74) is 0. The van der Waals surface area contributed by atoms with Crippen molar-refractivity contribution < 1.29 is 49.3 Å². The average molecular weight is 930 g/mol. The van der Waals surface area contributed by atoms with Crippen LogP contribution in [-0.4, -0.2) is 99.6 Å². The van der Waals surface area contributed by atoms with E-state index in [9.17, 15) is 35.1 Å². The van der Waals surface area contributed by atoms with E-state index in [1.54, 1.807) is 12.2 Å². The molecule has 1 aliphatic heterocycles. The normalized spacial score (nSPS) is 20.8. The summed E-state index contributed by atoms with van der Waals surface area (Å²) in [5, 5.41) is 56.4. The number of carbonyl (C=O) groups excluding carboxylic acids is 2. The number of amides is 1. The van der Waals surface area contributed by atoms with E-state index in [0.717, 1.165) is 70.6 Å². The van der Waals surface area contributed by atoms with E-state index in [2.05, 4.69) is 50.4 Å². The van der Waals surface area contributed by atoms with Crippen LogP contribution >= 0.6 is 0 Å². The summed E-state index contributed by atoms with van der Waals surface area (Å²) >= 11 is 0. The number of unbranched alkanes of at least 4 members (excludes halogenated alkanes) is 21. The van der Waals surface area contributed by atoms with E-state index in [1.165, 1.54) is 83.5 Å². The number of ether oxygens (including phenoxy) is 3. The van der Waals surface area contributed by atoms with Crippen LogP contribution in [0.2, 0.25) is 0 Å². The summed E-state index contributed by atoms with van der Waals surface area (Å²) in [7, 11) is 0. The van der Waals surface area contributed by atoms with Gasteiger partial charge in [-0.1, -0.05) is 203 Å². The number of carbonyl (C=O) groups is 2. The minimum Gasteiger partial charge on any atom is -0.454 e. The van der Waals surface area contributed by atoms with Crippen molar-refractivity contribution in [2.75, 3.05) is 13.2 Å². The Morgan fingerprint density at radius 2 is 1.15 bits per heavy atom. The molecule has 0 spiro atoms. The molecule has 8 atom stereocenters. The summed E-state index contributed by atoms with van der Waals surface area (Å²) in [5.74, 6) is -1.30. The van der Waals surface area contributed by atoms with Crippen molar-refractivity contribution in [3.63, 3.8) is 0 Å². The number of aliphatic hydroxyl groups is 5. The lowest BCUT2D eigenvalue weighted by molar-refractivity contribution is -0.305. The SMILES string of the molecule is CC/C=C/C=C/C=C\CCCCCCCC(=O)OC1C(OCC(NC(=O)C(O)C/C=C/C/C=C\CCCCCCCC)C(O)/C=C/CCCCCCCCCCCC)OC(CO)C(O)C1O. The molecule has 6 N–H and O–H groups in total. The molecule has 0 saturated carbocycles. The van der Waals surface area contributed by atoms with Crippen LogP contribution < -0.4 is 5.32 Å². The first kappa shape index (κ1) is 61.1. The monoisotopic (exact) mass is 930 g/mol. The Morgan fingerprint density at radius 1 is 0.621 bits per heavy atom. The molecule has 8 unspecified atom stereocenters. The quantitative estimate of drug-likeness (QED) is 0.0150. The first-order chi connectivity index (χ1) is 32.2. The summed E-state index contributed by atoms with van der Waals surface area (Å²) in [4.78, 5) is 26.3. The molecule has 1 heterocycles. The number of esters is 1. The van der Waals surface area contributed by atoms with Crippen molar-refractivity contribution in [1.29, 1.82) is 0 Å². The van der Waals surface area contributed by atoms with Gasteiger partial charge in [-0.05, 0) is 57.8 Å². The third-order valence-corrected chi connectivity index (χ3v) is 11.9. The zero-order valence-corrected chi connectivity index (χ0v) is 41.5. The van der Waals surface area contributed by atoms with E-state index in [4.69, 9.17) is 14.2 Å². The summed E-state index contributed by atoms with van der Waals surface area (Å²) in [6.45, 7) is 5.55. The lowest BCUT2D eigenvalue weighted by Gasteiger charge is -2.41. The zero-order chi connectivity index (χ0) is 48.3. The summed E-state index contributed by atoms with van der Waals surface area (Å²) in [6.07, 6.45) is 42.6.